The molecule has 2 atom stereocenters. The first kappa shape index (κ1) is 42.4. The Kier molecular flexibility index (Phi) is 21.7. The van der Waals surface area contributed by atoms with Crippen LogP contribution in [-0.4, -0.2) is 45.4 Å². The molecule has 3 nitrogen and oxygen atoms in total. The van der Waals surface area contributed by atoms with E-state index in [1.54, 1.807) is 0 Å². The predicted octanol–water partition coefficient (Wildman–Crippen LogP) is 12.5. The normalized spacial score (nSPS) is 15.7. The zero-order valence-corrected chi connectivity index (χ0v) is 34.9. The van der Waals surface area contributed by atoms with E-state index >= 15 is 0 Å². The van der Waals surface area contributed by atoms with Crippen molar-refractivity contribution in [1.82, 2.24) is 0 Å². The van der Waals surface area contributed by atoms with Crippen LogP contribution in [0.3, 0.4) is 0 Å². The Morgan fingerprint density at radius 3 is 1.58 bits per heavy atom. The van der Waals surface area contributed by atoms with Gasteiger partial charge in [0.2, 0.25) is 0 Å². The number of carbonyl (C=O) groups excluding carboxylic acids is 1. The molecule has 0 aromatic carbocycles. The molecule has 0 aromatic rings. The average molecular weight is 724 g/mol. The summed E-state index contributed by atoms with van der Waals surface area (Å²) in [5, 5.41) is 0. The molecule has 0 unspecified atom stereocenters. The molecule has 0 bridgehead atoms. The Morgan fingerprint density at radius 2 is 1.19 bits per heavy atom. The maximum atomic E-state index is 12.1. The van der Waals surface area contributed by atoms with E-state index in [0.29, 0.717) is 28.8 Å². The van der Waals surface area contributed by atoms with E-state index in [9.17, 15) is 4.79 Å². The molecule has 250 valence electrons. The number of allylic oxidation sites excluding steroid dienone is 4. The van der Waals surface area contributed by atoms with Crippen molar-refractivity contribution in [2.75, 3.05) is 6.61 Å². The molecular formula is C38H72O3SiSn. The zero-order valence-electron chi connectivity index (χ0n) is 31.1. The number of ether oxygens (including phenoxy) is 1. The molecule has 0 spiro atoms. The van der Waals surface area contributed by atoms with E-state index in [4.69, 9.17) is 9.16 Å². The van der Waals surface area contributed by atoms with Crippen molar-refractivity contribution in [2.45, 2.75) is 171 Å². The molecule has 0 fully saturated rings. The van der Waals surface area contributed by atoms with Gasteiger partial charge in [0.1, 0.15) is 0 Å². The van der Waals surface area contributed by atoms with E-state index in [1.165, 1.54) is 57.4 Å². The van der Waals surface area contributed by atoms with Gasteiger partial charge in [-0.1, -0.05) is 0 Å². The molecule has 0 saturated carbocycles. The van der Waals surface area contributed by atoms with Crippen molar-refractivity contribution in [3.8, 4) is 0 Å². The van der Waals surface area contributed by atoms with Crippen molar-refractivity contribution in [2.24, 2.45) is 5.92 Å². The Bertz CT molecular complexity index is 869. The monoisotopic (exact) mass is 724 g/mol. The topological polar surface area (TPSA) is 35.5 Å². The Balaban J connectivity index is 6.82. The zero-order chi connectivity index (χ0) is 33.2. The van der Waals surface area contributed by atoms with Crippen LogP contribution in [0.1, 0.15) is 135 Å². The van der Waals surface area contributed by atoms with Crippen LogP contribution in [0.15, 0.2) is 45.1 Å². The van der Waals surface area contributed by atoms with Gasteiger partial charge in [0, 0.05) is 0 Å². The third kappa shape index (κ3) is 14.6. The molecule has 0 N–H and O–H groups in total. The summed E-state index contributed by atoms with van der Waals surface area (Å²) in [6.07, 6.45) is 17.2. The van der Waals surface area contributed by atoms with E-state index in [2.05, 4.69) is 105 Å². The van der Waals surface area contributed by atoms with Gasteiger partial charge in [0.25, 0.3) is 0 Å². The summed E-state index contributed by atoms with van der Waals surface area (Å²) in [4.78, 5) is 12.1. The number of hydrogen-bond donors (Lipinski definition) is 0. The quantitative estimate of drug-likeness (QED) is 0.0483. The predicted molar refractivity (Wildman–Crippen MR) is 197 cm³/mol. The Hall–Kier alpha value is -0.594. The molecule has 0 saturated heterocycles. The minimum atomic E-state index is -2.48. The molecule has 43 heavy (non-hydrogen) atoms. The van der Waals surface area contributed by atoms with Gasteiger partial charge in [0.05, 0.1) is 6.61 Å². The van der Waals surface area contributed by atoms with Crippen molar-refractivity contribution >= 4 is 32.7 Å². The third-order valence-corrected chi connectivity index (χ3v) is 29.5. The van der Waals surface area contributed by atoms with Crippen LogP contribution in [-0.2, 0) is 14.0 Å². The number of rotatable bonds is 22. The van der Waals surface area contributed by atoms with Crippen molar-refractivity contribution in [3.05, 3.63) is 45.1 Å². The van der Waals surface area contributed by atoms with Crippen molar-refractivity contribution < 1.29 is 14.0 Å². The van der Waals surface area contributed by atoms with E-state index < -0.39 is 26.7 Å². The van der Waals surface area contributed by atoms with Gasteiger partial charge >= 0.3 is 262 Å². The van der Waals surface area contributed by atoms with Gasteiger partial charge in [-0.15, -0.1) is 0 Å². The fourth-order valence-corrected chi connectivity index (χ4v) is 27.0. The number of unbranched alkanes of at least 4 members (excludes halogenated alkanes) is 3. The van der Waals surface area contributed by atoms with E-state index in [1.807, 2.05) is 19.9 Å². The number of hydrogen-bond acceptors (Lipinski definition) is 3. The molecule has 0 rings (SSSR count). The van der Waals surface area contributed by atoms with Crippen LogP contribution in [0.5, 0.6) is 0 Å². The summed E-state index contributed by atoms with van der Waals surface area (Å²) in [5.41, 5.74) is 4.55. The van der Waals surface area contributed by atoms with E-state index in [-0.39, 0.29) is 18.0 Å². The van der Waals surface area contributed by atoms with Crippen LogP contribution in [0.25, 0.3) is 0 Å². The summed E-state index contributed by atoms with van der Waals surface area (Å²) in [6.45, 7) is 32.1. The number of carbonyl (C=O) groups is 1. The fraction of sp³-hybridized carbons (Fsp3) is 0.763. The Labute approximate surface area is 274 Å². The van der Waals surface area contributed by atoms with Crippen molar-refractivity contribution in [3.63, 3.8) is 0 Å². The summed E-state index contributed by atoms with van der Waals surface area (Å²) in [6, 6.07) is 0. The maximum absolute atomic E-state index is 12.1. The molecule has 0 aliphatic heterocycles. The second-order valence-electron chi connectivity index (χ2n) is 14.1. The molecular weight excluding hydrogens is 651 g/mol. The first-order valence-corrected chi connectivity index (χ1v) is 27.6. The average Bonchev–Trinajstić information content (AvgIpc) is 2.92. The van der Waals surface area contributed by atoms with E-state index in [0.717, 1.165) is 5.57 Å². The summed E-state index contributed by atoms with van der Waals surface area (Å²) >= 11 is -2.48. The van der Waals surface area contributed by atoms with Crippen molar-refractivity contribution in [1.29, 1.82) is 0 Å². The van der Waals surface area contributed by atoms with Gasteiger partial charge in [0.15, 0.2) is 0 Å². The summed E-state index contributed by atoms with van der Waals surface area (Å²) in [5.74, 6) is 0.0104. The van der Waals surface area contributed by atoms with Crippen LogP contribution >= 0.6 is 0 Å². The van der Waals surface area contributed by atoms with Gasteiger partial charge in [-0.3, -0.25) is 0 Å². The first-order valence-electron chi connectivity index (χ1n) is 17.7. The van der Waals surface area contributed by atoms with Gasteiger partial charge < -0.3 is 0 Å². The third-order valence-electron chi connectivity index (χ3n) is 9.31. The molecule has 0 amide bonds. The second-order valence-corrected chi connectivity index (χ2v) is 32.6. The van der Waals surface area contributed by atoms with Crippen LogP contribution in [0, 0.1) is 5.92 Å². The molecule has 0 radical (unpaired) electrons. The SMILES string of the molecule is CCC[CH2][Sn](/[CH]=C/[C@@H](O[Si](C(C)C)(C(C)C)C(C)C)[C@H](C)/C=C(C)/C=C(C)/C=C(\C)C(=O)OCC)([CH2]CCC)[CH2]CCC. The standard InChI is InChI=1S/C26H45O3Si.3C4H9.Sn/c1-13-25(29-30(18(3)4,19(5)6)20(7)8)23(11)16-21(9)15-22(10)17-24(12)26(27)28-14-2;3*1-3-4-2;/h1,13,15-20,23,25H,14H2,2-12H3;3*1,3-4H2,2H3;/b13-1?,21-16+,22-15+,24-17+;;;;/t23-,25-;;;;/m1..../s1. The molecule has 0 heterocycles. The van der Waals surface area contributed by atoms with Gasteiger partial charge in [-0.2, -0.15) is 0 Å². The van der Waals surface area contributed by atoms with Gasteiger partial charge in [-0.05, 0) is 6.92 Å². The molecule has 0 aliphatic rings. The van der Waals surface area contributed by atoms with Crippen LogP contribution in [0.2, 0.25) is 29.9 Å². The second kappa shape index (κ2) is 22.0. The number of esters is 1. The van der Waals surface area contributed by atoms with Crippen LogP contribution < -0.4 is 0 Å². The molecule has 5 heteroatoms. The van der Waals surface area contributed by atoms with Crippen LogP contribution in [0.4, 0.5) is 0 Å². The summed E-state index contributed by atoms with van der Waals surface area (Å²) < 4.78 is 20.0. The summed E-state index contributed by atoms with van der Waals surface area (Å²) in [7, 11) is -2.08. The fourth-order valence-electron chi connectivity index (χ4n) is 7.08. The van der Waals surface area contributed by atoms with Gasteiger partial charge in [-0.25, -0.2) is 0 Å². The Morgan fingerprint density at radius 1 is 0.721 bits per heavy atom. The first-order chi connectivity index (χ1) is 20.2. The molecule has 0 aromatic heterocycles. The minimum absolute atomic E-state index is 0.0836. The molecule has 0 aliphatic carbocycles.